The summed E-state index contributed by atoms with van der Waals surface area (Å²) >= 11 is 0. The van der Waals surface area contributed by atoms with Crippen molar-refractivity contribution >= 4 is 34.2 Å². The smallest absolute Gasteiger partial charge is 0.246 e. The molecule has 28 heavy (non-hydrogen) atoms. The van der Waals surface area contributed by atoms with Crippen molar-refractivity contribution in [2.45, 2.75) is 45.2 Å². The second-order valence-electron chi connectivity index (χ2n) is 6.82. The Hall–Kier alpha value is -2.93. The van der Waals surface area contributed by atoms with E-state index in [1.807, 2.05) is 42.5 Å². The first kappa shape index (κ1) is 21.4. The van der Waals surface area contributed by atoms with Crippen LogP contribution < -0.4 is 21.7 Å². The first-order valence-corrected chi connectivity index (χ1v) is 9.48. The molecule has 2 rings (SSSR count). The molecule has 5 N–H and O–H groups in total. The van der Waals surface area contributed by atoms with Crippen molar-refractivity contribution in [3.63, 3.8) is 0 Å². The number of hydrogen-bond donors (Lipinski definition) is 4. The lowest BCUT2D eigenvalue weighted by Crippen LogP contribution is -2.51. The Morgan fingerprint density at radius 1 is 0.964 bits per heavy atom. The van der Waals surface area contributed by atoms with Crippen molar-refractivity contribution in [2.75, 3.05) is 11.9 Å². The molecule has 7 heteroatoms. The Balaban J connectivity index is 1.96. The molecule has 2 aromatic carbocycles. The lowest BCUT2D eigenvalue weighted by Gasteiger charge is -2.20. The Labute approximate surface area is 165 Å². The van der Waals surface area contributed by atoms with Crippen LogP contribution in [0.1, 0.15) is 33.1 Å². The van der Waals surface area contributed by atoms with Crippen molar-refractivity contribution < 1.29 is 14.4 Å². The van der Waals surface area contributed by atoms with E-state index in [0.717, 1.165) is 17.2 Å². The maximum atomic E-state index is 12.5. The normalized spacial score (nSPS) is 12.8. The molecule has 0 aliphatic heterocycles. The summed E-state index contributed by atoms with van der Waals surface area (Å²) in [6, 6.07) is 12.1. The Bertz CT molecular complexity index is 837. The molecule has 0 bridgehead atoms. The average molecular weight is 384 g/mol. The number of benzene rings is 2. The van der Waals surface area contributed by atoms with E-state index in [9.17, 15) is 14.4 Å². The van der Waals surface area contributed by atoms with Gasteiger partial charge in [-0.05, 0) is 55.6 Å². The maximum absolute atomic E-state index is 12.5. The van der Waals surface area contributed by atoms with Crippen LogP contribution in [0.2, 0.25) is 0 Å². The third-order valence-corrected chi connectivity index (χ3v) is 4.41. The maximum Gasteiger partial charge on any atom is 0.246 e. The minimum absolute atomic E-state index is 0.291. The fourth-order valence-electron chi connectivity index (χ4n) is 2.90. The molecule has 0 aliphatic rings. The number of nitrogens with two attached hydrogens (primary N) is 1. The number of rotatable bonds is 9. The zero-order chi connectivity index (χ0) is 20.5. The SMILES string of the molecule is CC(=O)N[C@@H](CCCCN)C(=O)N[C@@H](C)C(=O)Nc1ccc2ccccc2c1. The average Bonchev–Trinajstić information content (AvgIpc) is 2.66. The van der Waals surface area contributed by atoms with Gasteiger partial charge in [-0.15, -0.1) is 0 Å². The zero-order valence-corrected chi connectivity index (χ0v) is 16.3. The molecule has 2 aromatic rings. The van der Waals surface area contributed by atoms with Crippen molar-refractivity contribution in [1.82, 2.24) is 10.6 Å². The first-order valence-electron chi connectivity index (χ1n) is 9.48. The summed E-state index contributed by atoms with van der Waals surface area (Å²) in [4.78, 5) is 36.3. The van der Waals surface area contributed by atoms with E-state index < -0.39 is 12.1 Å². The van der Waals surface area contributed by atoms with Gasteiger partial charge in [-0.25, -0.2) is 0 Å². The van der Waals surface area contributed by atoms with Crippen molar-refractivity contribution in [3.8, 4) is 0 Å². The van der Waals surface area contributed by atoms with Crippen molar-refractivity contribution in [1.29, 1.82) is 0 Å². The van der Waals surface area contributed by atoms with Gasteiger partial charge >= 0.3 is 0 Å². The van der Waals surface area contributed by atoms with Crippen LogP contribution in [0.4, 0.5) is 5.69 Å². The molecule has 0 aromatic heterocycles. The predicted octanol–water partition coefficient (Wildman–Crippen LogP) is 1.92. The van der Waals surface area contributed by atoms with Gasteiger partial charge in [0, 0.05) is 12.6 Å². The predicted molar refractivity (Wildman–Crippen MR) is 111 cm³/mol. The fraction of sp³-hybridized carbons (Fsp3) is 0.381. The van der Waals surface area contributed by atoms with Gasteiger partial charge in [0.05, 0.1) is 0 Å². The highest BCUT2D eigenvalue weighted by atomic mass is 16.2. The van der Waals surface area contributed by atoms with Gasteiger partial charge in [0.2, 0.25) is 17.7 Å². The minimum Gasteiger partial charge on any atom is -0.345 e. The van der Waals surface area contributed by atoms with Gasteiger partial charge in [0.25, 0.3) is 0 Å². The number of carbonyl (C=O) groups is 3. The van der Waals surface area contributed by atoms with Crippen LogP contribution in [0.15, 0.2) is 42.5 Å². The molecule has 0 heterocycles. The van der Waals surface area contributed by atoms with E-state index in [0.29, 0.717) is 25.1 Å². The standard InChI is InChI=1S/C21H28N4O3/c1-14(23-21(28)19(24-15(2)26)9-5-6-12-22)20(27)25-18-11-10-16-7-3-4-8-17(16)13-18/h3-4,7-8,10-11,13-14,19H,5-6,9,12,22H2,1-2H3,(H,23,28)(H,24,26)(H,25,27)/t14-,19-/m0/s1. The molecule has 2 atom stereocenters. The molecule has 0 saturated carbocycles. The fourth-order valence-corrected chi connectivity index (χ4v) is 2.90. The highest BCUT2D eigenvalue weighted by Gasteiger charge is 2.23. The largest absolute Gasteiger partial charge is 0.345 e. The van der Waals surface area contributed by atoms with Crippen LogP contribution in [-0.2, 0) is 14.4 Å². The summed E-state index contributed by atoms with van der Waals surface area (Å²) in [5.74, 6) is -0.998. The van der Waals surface area contributed by atoms with Crippen LogP contribution in [0.25, 0.3) is 10.8 Å². The molecule has 0 spiro atoms. The molecule has 0 unspecified atom stereocenters. The lowest BCUT2D eigenvalue weighted by atomic mass is 10.1. The van der Waals surface area contributed by atoms with Gasteiger partial charge in [0.15, 0.2) is 0 Å². The third kappa shape index (κ3) is 6.35. The second kappa shape index (κ2) is 10.4. The molecule has 0 saturated heterocycles. The van der Waals surface area contributed by atoms with E-state index in [4.69, 9.17) is 5.73 Å². The van der Waals surface area contributed by atoms with Crippen molar-refractivity contribution in [2.24, 2.45) is 5.73 Å². The summed E-state index contributed by atoms with van der Waals surface area (Å²) in [6.07, 6.45) is 1.95. The summed E-state index contributed by atoms with van der Waals surface area (Å²) in [6.45, 7) is 3.50. The molecule has 0 radical (unpaired) electrons. The Morgan fingerprint density at radius 2 is 1.68 bits per heavy atom. The molecule has 7 nitrogen and oxygen atoms in total. The summed E-state index contributed by atoms with van der Waals surface area (Å²) in [7, 11) is 0. The number of nitrogens with one attached hydrogen (secondary N) is 3. The van der Waals surface area contributed by atoms with Crippen LogP contribution in [-0.4, -0.2) is 36.3 Å². The van der Waals surface area contributed by atoms with Crippen LogP contribution in [0.3, 0.4) is 0 Å². The number of amides is 3. The van der Waals surface area contributed by atoms with Gasteiger partial charge in [-0.3, -0.25) is 14.4 Å². The van der Waals surface area contributed by atoms with Gasteiger partial charge in [-0.2, -0.15) is 0 Å². The molecule has 3 amide bonds. The van der Waals surface area contributed by atoms with Crippen LogP contribution >= 0.6 is 0 Å². The van der Waals surface area contributed by atoms with E-state index >= 15 is 0 Å². The summed E-state index contributed by atoms with van der Waals surface area (Å²) < 4.78 is 0. The first-order chi connectivity index (χ1) is 13.4. The van der Waals surface area contributed by atoms with E-state index in [-0.39, 0.29) is 17.7 Å². The quantitative estimate of drug-likeness (QED) is 0.495. The van der Waals surface area contributed by atoms with E-state index in [1.54, 1.807) is 6.92 Å². The highest BCUT2D eigenvalue weighted by molar-refractivity contribution is 5.99. The topological polar surface area (TPSA) is 113 Å². The minimum atomic E-state index is -0.746. The summed E-state index contributed by atoms with van der Waals surface area (Å²) in [5.41, 5.74) is 6.14. The van der Waals surface area contributed by atoms with E-state index in [1.165, 1.54) is 6.92 Å². The number of fused-ring (bicyclic) bond motifs is 1. The number of unbranched alkanes of at least 4 members (excludes halogenated alkanes) is 1. The van der Waals surface area contributed by atoms with Gasteiger partial charge in [-0.1, -0.05) is 30.3 Å². The number of carbonyl (C=O) groups excluding carboxylic acids is 3. The number of anilines is 1. The Morgan fingerprint density at radius 3 is 2.36 bits per heavy atom. The van der Waals surface area contributed by atoms with E-state index in [2.05, 4.69) is 16.0 Å². The lowest BCUT2D eigenvalue weighted by molar-refractivity contribution is -0.130. The van der Waals surface area contributed by atoms with Crippen LogP contribution in [0.5, 0.6) is 0 Å². The van der Waals surface area contributed by atoms with Crippen molar-refractivity contribution in [3.05, 3.63) is 42.5 Å². The zero-order valence-electron chi connectivity index (χ0n) is 16.3. The highest BCUT2D eigenvalue weighted by Crippen LogP contribution is 2.18. The summed E-state index contributed by atoms with van der Waals surface area (Å²) in [5, 5.41) is 10.2. The van der Waals surface area contributed by atoms with Gasteiger partial charge in [0.1, 0.15) is 12.1 Å². The molecule has 0 aliphatic carbocycles. The van der Waals surface area contributed by atoms with Gasteiger partial charge < -0.3 is 21.7 Å². The molecule has 150 valence electrons. The van der Waals surface area contributed by atoms with Crippen LogP contribution in [0, 0.1) is 0 Å². The molecular weight excluding hydrogens is 356 g/mol. The monoisotopic (exact) mass is 384 g/mol. The Kier molecular flexibility index (Phi) is 7.95. The molecule has 0 fully saturated rings. The number of hydrogen-bond acceptors (Lipinski definition) is 4. The molecular formula is C21H28N4O3. The second-order valence-corrected chi connectivity index (χ2v) is 6.82. The third-order valence-electron chi connectivity index (χ3n) is 4.41.